The highest BCUT2D eigenvalue weighted by atomic mass is 127. The van der Waals surface area contributed by atoms with E-state index >= 15 is 0 Å². The molecular formula is C30H23I2N3O6S. The first-order chi connectivity index (χ1) is 20.2. The number of nitro benzene ring substituents is 1. The molecule has 0 amide bonds. The van der Waals surface area contributed by atoms with Gasteiger partial charge in [-0.15, -0.1) is 0 Å². The van der Waals surface area contributed by atoms with Crippen molar-refractivity contribution in [1.29, 1.82) is 0 Å². The van der Waals surface area contributed by atoms with Crippen LogP contribution in [0.15, 0.2) is 87.8 Å². The number of methoxy groups -OCH3 is 1. The summed E-state index contributed by atoms with van der Waals surface area (Å²) in [6.07, 6.45) is 2.33. The second-order valence-electron chi connectivity index (χ2n) is 9.22. The van der Waals surface area contributed by atoms with Gasteiger partial charge < -0.3 is 9.47 Å². The molecule has 2 heterocycles. The highest BCUT2D eigenvalue weighted by Gasteiger charge is 2.33. The van der Waals surface area contributed by atoms with Gasteiger partial charge in [0.2, 0.25) is 0 Å². The van der Waals surface area contributed by atoms with Crippen LogP contribution in [-0.2, 0) is 16.1 Å². The van der Waals surface area contributed by atoms with Crippen molar-refractivity contribution in [2.75, 3.05) is 7.11 Å². The molecule has 0 fully saturated rings. The number of halogens is 2. The fourth-order valence-electron chi connectivity index (χ4n) is 4.64. The molecule has 1 aromatic heterocycles. The molecule has 0 bridgehead atoms. The average Bonchev–Trinajstić information content (AvgIpc) is 3.30. The van der Waals surface area contributed by atoms with Crippen LogP contribution in [0.4, 0.5) is 5.69 Å². The molecule has 42 heavy (non-hydrogen) atoms. The molecule has 5 rings (SSSR count). The number of aromatic nitrogens is 1. The molecule has 0 aliphatic carbocycles. The molecule has 12 heteroatoms. The maximum absolute atomic E-state index is 13.9. The van der Waals surface area contributed by atoms with E-state index in [9.17, 15) is 19.7 Å². The minimum absolute atomic E-state index is 0.0278. The predicted molar refractivity (Wildman–Crippen MR) is 176 cm³/mol. The Morgan fingerprint density at radius 1 is 1.12 bits per heavy atom. The second kappa shape index (κ2) is 12.9. The normalized spacial score (nSPS) is 14.8. The number of thiazole rings is 1. The zero-order valence-electron chi connectivity index (χ0n) is 22.4. The number of carbonyl (C=O) groups is 1. The van der Waals surface area contributed by atoms with E-state index in [2.05, 4.69) is 45.2 Å². The van der Waals surface area contributed by atoms with Gasteiger partial charge in [0.05, 0.1) is 41.0 Å². The predicted octanol–water partition coefficient (Wildman–Crippen LogP) is 5.49. The molecule has 0 radical (unpaired) electrons. The van der Waals surface area contributed by atoms with Gasteiger partial charge in [0.1, 0.15) is 12.4 Å². The highest BCUT2D eigenvalue weighted by Crippen LogP contribution is 2.32. The van der Waals surface area contributed by atoms with Crippen molar-refractivity contribution in [2.24, 2.45) is 4.99 Å². The van der Waals surface area contributed by atoms with Gasteiger partial charge in [-0.25, -0.2) is 9.79 Å². The molecule has 1 aliphatic heterocycles. The minimum Gasteiger partial charge on any atom is -0.487 e. The Morgan fingerprint density at radius 3 is 2.38 bits per heavy atom. The molecule has 9 nitrogen and oxygen atoms in total. The lowest BCUT2D eigenvalue weighted by Crippen LogP contribution is -2.40. The first kappa shape index (κ1) is 30.1. The Kier molecular flexibility index (Phi) is 9.22. The summed E-state index contributed by atoms with van der Waals surface area (Å²) in [6, 6.07) is 18.9. The van der Waals surface area contributed by atoms with Crippen LogP contribution in [0.5, 0.6) is 5.75 Å². The zero-order valence-corrected chi connectivity index (χ0v) is 27.5. The Morgan fingerprint density at radius 2 is 1.79 bits per heavy atom. The summed E-state index contributed by atoms with van der Waals surface area (Å²) in [5.74, 6) is 0.180. The van der Waals surface area contributed by atoms with Gasteiger partial charge in [0.15, 0.2) is 4.80 Å². The molecule has 1 aliphatic rings. The van der Waals surface area contributed by atoms with E-state index in [1.807, 2.05) is 55.5 Å². The number of esters is 1. The van der Waals surface area contributed by atoms with E-state index in [0.29, 0.717) is 32.8 Å². The van der Waals surface area contributed by atoms with Crippen LogP contribution in [0.3, 0.4) is 0 Å². The van der Waals surface area contributed by atoms with Crippen molar-refractivity contribution in [2.45, 2.75) is 26.0 Å². The van der Waals surface area contributed by atoms with Gasteiger partial charge in [0, 0.05) is 12.1 Å². The van der Waals surface area contributed by atoms with Crippen molar-refractivity contribution < 1.29 is 19.2 Å². The summed E-state index contributed by atoms with van der Waals surface area (Å²) in [5.41, 5.74) is 3.17. The molecule has 4 aromatic rings. The van der Waals surface area contributed by atoms with Gasteiger partial charge in [-0.3, -0.25) is 19.5 Å². The van der Waals surface area contributed by atoms with E-state index in [4.69, 9.17) is 14.5 Å². The van der Waals surface area contributed by atoms with Crippen molar-refractivity contribution in [1.82, 2.24) is 4.57 Å². The van der Waals surface area contributed by atoms with Gasteiger partial charge in [0.25, 0.3) is 11.2 Å². The summed E-state index contributed by atoms with van der Waals surface area (Å²) < 4.78 is 14.9. The molecule has 1 atom stereocenters. The lowest BCUT2D eigenvalue weighted by Gasteiger charge is -2.25. The van der Waals surface area contributed by atoms with Gasteiger partial charge in [-0.05, 0) is 98.6 Å². The Bertz CT molecular complexity index is 1880. The number of nitro groups is 1. The summed E-state index contributed by atoms with van der Waals surface area (Å²) in [4.78, 5) is 42.5. The first-order valence-electron chi connectivity index (χ1n) is 12.7. The maximum Gasteiger partial charge on any atom is 0.338 e. The van der Waals surface area contributed by atoms with Crippen LogP contribution in [0.25, 0.3) is 6.08 Å². The Labute approximate surface area is 271 Å². The second-order valence-corrected chi connectivity index (χ2v) is 12.6. The number of benzene rings is 3. The van der Waals surface area contributed by atoms with E-state index in [1.54, 1.807) is 16.7 Å². The molecule has 0 spiro atoms. The van der Waals surface area contributed by atoms with E-state index in [-0.39, 0.29) is 17.9 Å². The maximum atomic E-state index is 13.9. The van der Waals surface area contributed by atoms with Crippen molar-refractivity contribution in [3.63, 3.8) is 0 Å². The Hall–Kier alpha value is -3.37. The van der Waals surface area contributed by atoms with Crippen molar-refractivity contribution in [3.05, 3.63) is 132 Å². The van der Waals surface area contributed by atoms with Crippen LogP contribution in [0.2, 0.25) is 0 Å². The molecule has 0 saturated heterocycles. The fourth-order valence-corrected chi connectivity index (χ4v) is 7.78. The third-order valence-corrected chi connectivity index (χ3v) is 9.20. The molecular weight excluding hydrogens is 784 g/mol. The lowest BCUT2D eigenvalue weighted by atomic mass is 9.95. The van der Waals surface area contributed by atoms with Crippen LogP contribution < -0.4 is 19.6 Å². The molecule has 0 saturated carbocycles. The Balaban J connectivity index is 1.52. The quantitative estimate of drug-likeness (QED) is 0.101. The third-order valence-electron chi connectivity index (χ3n) is 6.61. The average molecular weight is 807 g/mol. The largest absolute Gasteiger partial charge is 0.487 e. The standard InChI is InChI=1S/C30H23I2N3O6S/c1-3-23-25(29(37)40-2)26(19-7-5-4-6-8-19)34-28(36)24(42-30(34)33-23)15-18-13-21(31)27(22(32)14-18)41-16-17-9-11-20(12-10-17)35(38)39/h4-15,26H,3,16H2,1-2H3/b24-15-/t26-/m0/s1. The minimum atomic E-state index is -0.650. The molecule has 0 N–H and O–H groups in total. The van der Waals surface area contributed by atoms with E-state index in [0.717, 1.165) is 23.8 Å². The summed E-state index contributed by atoms with van der Waals surface area (Å²) in [5, 5.41) is 10.9. The number of carbonyl (C=O) groups excluding carboxylic acids is 1. The van der Waals surface area contributed by atoms with Gasteiger partial charge in [-0.1, -0.05) is 48.6 Å². The van der Waals surface area contributed by atoms with Crippen LogP contribution >= 0.6 is 56.5 Å². The number of nitrogens with zero attached hydrogens (tertiary/aromatic N) is 3. The SMILES string of the molecule is CCC1=C(C(=O)OC)[C@H](c2ccccc2)n2c(s/c(=C\c3cc(I)c(OCc4ccc([N+](=O)[O-])cc4)c(I)c3)c2=O)=N1. The third kappa shape index (κ3) is 6.06. The van der Waals surface area contributed by atoms with E-state index in [1.165, 1.54) is 30.6 Å². The number of rotatable bonds is 8. The molecule has 214 valence electrons. The number of fused-ring (bicyclic) bond motifs is 1. The summed E-state index contributed by atoms with van der Waals surface area (Å²) in [7, 11) is 1.33. The van der Waals surface area contributed by atoms with Crippen LogP contribution in [-0.4, -0.2) is 22.6 Å². The van der Waals surface area contributed by atoms with Gasteiger partial charge in [-0.2, -0.15) is 0 Å². The molecule has 0 unspecified atom stereocenters. The summed E-state index contributed by atoms with van der Waals surface area (Å²) >= 11 is 5.67. The first-order valence-corrected chi connectivity index (χ1v) is 15.7. The van der Waals surface area contributed by atoms with Crippen molar-refractivity contribution in [3.8, 4) is 5.75 Å². The number of hydrogen-bond donors (Lipinski definition) is 0. The van der Waals surface area contributed by atoms with Crippen LogP contribution in [0, 0.1) is 17.3 Å². The topological polar surface area (TPSA) is 113 Å². The van der Waals surface area contributed by atoms with Gasteiger partial charge >= 0.3 is 5.97 Å². The van der Waals surface area contributed by atoms with Crippen molar-refractivity contribution >= 4 is 74.3 Å². The monoisotopic (exact) mass is 807 g/mol. The molecule has 3 aromatic carbocycles. The fraction of sp³-hybridized carbons (Fsp3) is 0.167. The lowest BCUT2D eigenvalue weighted by molar-refractivity contribution is -0.384. The number of hydrogen-bond acceptors (Lipinski definition) is 8. The van der Waals surface area contributed by atoms with Crippen LogP contribution in [0.1, 0.15) is 36.1 Å². The number of allylic oxidation sites excluding steroid dienone is 1. The number of non-ortho nitro benzene ring substituents is 1. The zero-order chi connectivity index (χ0) is 30.0. The van der Waals surface area contributed by atoms with E-state index < -0.39 is 16.9 Å². The smallest absolute Gasteiger partial charge is 0.338 e. The number of ether oxygens (including phenoxy) is 2. The highest BCUT2D eigenvalue weighted by molar-refractivity contribution is 14.1. The summed E-state index contributed by atoms with van der Waals surface area (Å²) in [6.45, 7) is 2.18.